The van der Waals surface area contributed by atoms with Crippen molar-refractivity contribution in [3.63, 3.8) is 0 Å². The number of thiocarbonyl (C=S) groups is 1. The molecule has 0 saturated carbocycles. The predicted molar refractivity (Wildman–Crippen MR) is 81.4 cm³/mol. The number of amides is 1. The number of likely N-dealkylation sites (N-methyl/N-ethyl adjacent to an activating group) is 2. The number of hydrogen-bond acceptors (Lipinski definition) is 4. The number of hydrogen-bond donors (Lipinski definition) is 2. The minimum Gasteiger partial charge on any atom is -0.389 e. The molecule has 0 atom stereocenters. The molecule has 1 aromatic rings. The summed E-state index contributed by atoms with van der Waals surface area (Å²) in [6.07, 6.45) is 1.70. The number of nitrogens with one attached hydrogen (secondary N) is 1. The van der Waals surface area contributed by atoms with Gasteiger partial charge < -0.3 is 16.0 Å². The van der Waals surface area contributed by atoms with E-state index in [1.54, 1.807) is 6.20 Å². The van der Waals surface area contributed by atoms with Gasteiger partial charge in [0.15, 0.2) is 0 Å². The summed E-state index contributed by atoms with van der Waals surface area (Å²) in [5.74, 6) is 0.628. The normalized spacial score (nSPS) is 10.1. The minimum atomic E-state index is -0.0402. The Balaban J connectivity index is 3.08. The summed E-state index contributed by atoms with van der Waals surface area (Å²) in [5.41, 5.74) is 7.47. The van der Waals surface area contributed by atoms with Crippen LogP contribution in [-0.4, -0.2) is 35.5 Å². The van der Waals surface area contributed by atoms with E-state index >= 15 is 0 Å². The molecule has 0 aliphatic rings. The van der Waals surface area contributed by atoms with E-state index in [0.717, 1.165) is 11.1 Å². The number of carbonyl (C=O) groups excluding carboxylic acids is 1. The van der Waals surface area contributed by atoms with Crippen molar-refractivity contribution in [3.05, 3.63) is 23.4 Å². The van der Waals surface area contributed by atoms with Crippen LogP contribution in [-0.2, 0) is 4.79 Å². The predicted octanol–water partition coefficient (Wildman–Crippen LogP) is 0.987. The number of rotatable bonds is 6. The molecule has 5 nitrogen and oxygen atoms in total. The molecule has 3 N–H and O–H groups in total. The summed E-state index contributed by atoms with van der Waals surface area (Å²) >= 11 is 5.08. The topological polar surface area (TPSA) is 71.2 Å². The largest absolute Gasteiger partial charge is 0.389 e. The zero-order valence-electron chi connectivity index (χ0n) is 11.6. The Morgan fingerprint density at radius 2 is 2.21 bits per heavy atom. The van der Waals surface area contributed by atoms with Gasteiger partial charge >= 0.3 is 0 Å². The third-order valence-corrected chi connectivity index (χ3v) is 2.98. The van der Waals surface area contributed by atoms with Gasteiger partial charge in [-0.15, -0.1) is 0 Å². The summed E-state index contributed by atoms with van der Waals surface area (Å²) in [6.45, 7) is 7.30. The monoisotopic (exact) mass is 280 g/mol. The van der Waals surface area contributed by atoms with E-state index in [4.69, 9.17) is 18.0 Å². The average Bonchev–Trinajstić information content (AvgIpc) is 2.35. The molecule has 0 unspecified atom stereocenters. The lowest BCUT2D eigenvalue weighted by atomic mass is 10.1. The maximum absolute atomic E-state index is 11.7. The van der Waals surface area contributed by atoms with Crippen LogP contribution in [0.2, 0.25) is 0 Å². The average molecular weight is 280 g/mol. The first-order chi connectivity index (χ1) is 9.01. The van der Waals surface area contributed by atoms with Gasteiger partial charge in [-0.05, 0) is 32.4 Å². The zero-order valence-corrected chi connectivity index (χ0v) is 12.4. The molecule has 0 fully saturated rings. The molecule has 0 radical (unpaired) electrons. The van der Waals surface area contributed by atoms with Crippen molar-refractivity contribution in [3.8, 4) is 0 Å². The van der Waals surface area contributed by atoms with Gasteiger partial charge in [0.25, 0.3) is 0 Å². The Labute approximate surface area is 119 Å². The Kier molecular flexibility index (Phi) is 5.69. The molecule has 1 heterocycles. The van der Waals surface area contributed by atoms with Gasteiger partial charge in [0.1, 0.15) is 10.8 Å². The first kappa shape index (κ1) is 15.4. The van der Waals surface area contributed by atoms with E-state index < -0.39 is 0 Å². The number of nitrogens with zero attached hydrogens (tertiary/aromatic N) is 2. The quantitative estimate of drug-likeness (QED) is 0.760. The first-order valence-corrected chi connectivity index (χ1v) is 6.69. The summed E-state index contributed by atoms with van der Waals surface area (Å²) in [4.78, 5) is 18.2. The van der Waals surface area contributed by atoms with Crippen LogP contribution in [0.3, 0.4) is 0 Å². The van der Waals surface area contributed by atoms with Gasteiger partial charge in [-0.25, -0.2) is 4.98 Å². The third-order valence-electron chi connectivity index (χ3n) is 2.78. The smallest absolute Gasteiger partial charge is 0.239 e. The van der Waals surface area contributed by atoms with Gasteiger partial charge in [0.05, 0.1) is 12.1 Å². The molecular formula is C13H20N4OS. The lowest BCUT2D eigenvalue weighted by Gasteiger charge is -2.24. The number of nitrogens with two attached hydrogens (primary N) is 1. The van der Waals surface area contributed by atoms with Gasteiger partial charge in [-0.2, -0.15) is 0 Å². The highest BCUT2D eigenvalue weighted by Gasteiger charge is 2.17. The van der Waals surface area contributed by atoms with Crippen molar-refractivity contribution in [2.45, 2.75) is 20.8 Å². The van der Waals surface area contributed by atoms with Gasteiger partial charge in [-0.3, -0.25) is 4.79 Å². The lowest BCUT2D eigenvalue weighted by Crippen LogP contribution is -2.38. The SMILES string of the molecule is CCNC(=O)CN(CC)c1nccc(C)c1C(N)=S. The summed E-state index contributed by atoms with van der Waals surface area (Å²) in [7, 11) is 0. The van der Waals surface area contributed by atoms with Crippen LogP contribution in [0.4, 0.5) is 5.82 Å². The molecule has 6 heteroatoms. The summed E-state index contributed by atoms with van der Waals surface area (Å²) < 4.78 is 0. The molecule has 19 heavy (non-hydrogen) atoms. The summed E-state index contributed by atoms with van der Waals surface area (Å²) in [6, 6.07) is 1.86. The second kappa shape index (κ2) is 7.04. The van der Waals surface area contributed by atoms with Gasteiger partial charge in [0, 0.05) is 19.3 Å². The van der Waals surface area contributed by atoms with Crippen LogP contribution in [0.15, 0.2) is 12.3 Å². The number of anilines is 1. The van der Waals surface area contributed by atoms with E-state index in [-0.39, 0.29) is 12.5 Å². The van der Waals surface area contributed by atoms with Crippen LogP contribution < -0.4 is 16.0 Å². The van der Waals surface area contributed by atoms with Gasteiger partial charge in [-0.1, -0.05) is 12.2 Å². The second-order valence-corrected chi connectivity index (χ2v) is 4.60. The van der Waals surface area contributed by atoms with Crippen molar-refractivity contribution in [2.24, 2.45) is 5.73 Å². The van der Waals surface area contributed by atoms with E-state index in [1.807, 2.05) is 31.7 Å². The zero-order chi connectivity index (χ0) is 14.4. The molecule has 0 bridgehead atoms. The summed E-state index contributed by atoms with van der Waals surface area (Å²) in [5, 5.41) is 2.77. The van der Waals surface area contributed by atoms with E-state index in [9.17, 15) is 4.79 Å². The number of carbonyl (C=O) groups is 1. The molecule has 0 aromatic carbocycles. The molecule has 0 spiro atoms. The maximum atomic E-state index is 11.7. The van der Waals surface area contributed by atoms with Crippen LogP contribution in [0.5, 0.6) is 0 Å². The molecule has 1 aromatic heterocycles. The molecule has 104 valence electrons. The highest BCUT2D eigenvalue weighted by atomic mass is 32.1. The van der Waals surface area contributed by atoms with Crippen molar-refractivity contribution in [2.75, 3.05) is 24.5 Å². The molecular weight excluding hydrogens is 260 g/mol. The van der Waals surface area contributed by atoms with Crippen molar-refractivity contribution >= 4 is 28.9 Å². The van der Waals surface area contributed by atoms with Crippen LogP contribution in [0, 0.1) is 6.92 Å². The van der Waals surface area contributed by atoms with Crippen molar-refractivity contribution in [1.29, 1.82) is 0 Å². The van der Waals surface area contributed by atoms with Crippen LogP contribution in [0.1, 0.15) is 25.0 Å². The third kappa shape index (κ3) is 3.89. The molecule has 0 aliphatic carbocycles. The molecule has 1 rings (SSSR count). The number of pyridine rings is 1. The minimum absolute atomic E-state index is 0.0402. The standard InChI is InChI=1S/C13H20N4OS/c1-4-15-10(18)8-17(5-2)13-11(12(14)19)9(3)6-7-16-13/h6-7H,4-5,8H2,1-3H3,(H2,14,19)(H,15,18). The van der Waals surface area contributed by atoms with Crippen molar-refractivity contribution < 1.29 is 4.79 Å². The van der Waals surface area contributed by atoms with Gasteiger partial charge in [0.2, 0.25) is 5.91 Å². The fourth-order valence-electron chi connectivity index (χ4n) is 1.85. The molecule has 0 saturated heterocycles. The number of aryl methyl sites for hydroxylation is 1. The fourth-order valence-corrected chi connectivity index (χ4v) is 2.10. The highest BCUT2D eigenvalue weighted by Crippen LogP contribution is 2.20. The number of aromatic nitrogens is 1. The highest BCUT2D eigenvalue weighted by molar-refractivity contribution is 7.80. The molecule has 1 amide bonds. The second-order valence-electron chi connectivity index (χ2n) is 4.16. The van der Waals surface area contributed by atoms with Crippen LogP contribution in [0.25, 0.3) is 0 Å². The fraction of sp³-hybridized carbons (Fsp3) is 0.462. The van der Waals surface area contributed by atoms with E-state index in [2.05, 4.69) is 10.3 Å². The van der Waals surface area contributed by atoms with E-state index in [0.29, 0.717) is 23.9 Å². The molecule has 0 aliphatic heterocycles. The van der Waals surface area contributed by atoms with E-state index in [1.165, 1.54) is 0 Å². The van der Waals surface area contributed by atoms with Crippen molar-refractivity contribution in [1.82, 2.24) is 10.3 Å². The Bertz CT molecular complexity index is 476. The lowest BCUT2D eigenvalue weighted by molar-refractivity contribution is -0.119. The van der Waals surface area contributed by atoms with Crippen LogP contribution >= 0.6 is 12.2 Å². The Hall–Kier alpha value is -1.69. The maximum Gasteiger partial charge on any atom is 0.239 e. The Morgan fingerprint density at radius 3 is 2.74 bits per heavy atom. The first-order valence-electron chi connectivity index (χ1n) is 6.28. The Morgan fingerprint density at radius 1 is 1.53 bits per heavy atom.